The number of hydrogen-bond acceptors (Lipinski definition) is 6. The van der Waals surface area contributed by atoms with Crippen LogP contribution in [0.4, 0.5) is 14.5 Å². The van der Waals surface area contributed by atoms with Crippen LogP contribution in [0.25, 0.3) is 0 Å². The standard InChI is InChI=1S/C19H14ClF2N3O3S/c20-15-17-16(19(24-18(15)22)28-14-6-2-1-5-13(14)21)25(8-9-29(17,26)27)11-12-4-3-7-23-10-12/h1-7,10H,8-9,11H2. The van der Waals surface area contributed by atoms with Crippen LogP contribution in [0.2, 0.25) is 5.02 Å². The van der Waals surface area contributed by atoms with Gasteiger partial charge >= 0.3 is 0 Å². The van der Waals surface area contributed by atoms with E-state index in [9.17, 15) is 17.2 Å². The Morgan fingerprint density at radius 3 is 2.69 bits per heavy atom. The third kappa shape index (κ3) is 3.75. The highest BCUT2D eigenvalue weighted by molar-refractivity contribution is 7.91. The topological polar surface area (TPSA) is 72.4 Å². The molecule has 0 amide bonds. The van der Waals surface area contributed by atoms with E-state index < -0.39 is 31.5 Å². The van der Waals surface area contributed by atoms with E-state index in [1.54, 1.807) is 23.4 Å². The summed E-state index contributed by atoms with van der Waals surface area (Å²) in [5.41, 5.74) is 0.782. The van der Waals surface area contributed by atoms with Crippen LogP contribution in [0.3, 0.4) is 0 Å². The molecule has 3 heterocycles. The number of rotatable bonds is 4. The summed E-state index contributed by atoms with van der Waals surface area (Å²) in [6, 6.07) is 9.04. The van der Waals surface area contributed by atoms with Gasteiger partial charge < -0.3 is 9.64 Å². The highest BCUT2D eigenvalue weighted by atomic mass is 35.5. The zero-order valence-corrected chi connectivity index (χ0v) is 16.4. The highest BCUT2D eigenvalue weighted by Gasteiger charge is 2.37. The maximum absolute atomic E-state index is 14.4. The van der Waals surface area contributed by atoms with Gasteiger partial charge in [-0.15, -0.1) is 0 Å². The van der Waals surface area contributed by atoms with E-state index >= 15 is 0 Å². The van der Waals surface area contributed by atoms with Gasteiger partial charge in [-0.25, -0.2) is 12.8 Å². The second-order valence-corrected chi connectivity index (χ2v) is 8.76. The Labute approximate surface area is 170 Å². The number of fused-ring (bicyclic) bond motifs is 1. The van der Waals surface area contributed by atoms with Gasteiger partial charge in [-0.1, -0.05) is 29.8 Å². The van der Waals surface area contributed by atoms with Crippen LogP contribution in [0, 0.1) is 11.8 Å². The van der Waals surface area contributed by atoms with E-state index in [1.165, 1.54) is 18.2 Å². The summed E-state index contributed by atoms with van der Waals surface area (Å²) >= 11 is 5.98. The normalized spacial score (nSPS) is 15.1. The largest absolute Gasteiger partial charge is 0.434 e. The molecule has 29 heavy (non-hydrogen) atoms. The summed E-state index contributed by atoms with van der Waals surface area (Å²) in [7, 11) is -3.89. The Morgan fingerprint density at radius 2 is 1.97 bits per heavy atom. The Hall–Kier alpha value is -2.78. The summed E-state index contributed by atoms with van der Waals surface area (Å²) in [5, 5.41) is -0.614. The summed E-state index contributed by atoms with van der Waals surface area (Å²) in [4.78, 5) is 8.96. The fourth-order valence-electron chi connectivity index (χ4n) is 3.07. The molecule has 0 saturated heterocycles. The molecule has 1 aliphatic heterocycles. The van der Waals surface area contributed by atoms with Gasteiger partial charge in [0.1, 0.15) is 15.6 Å². The van der Waals surface area contributed by atoms with Crippen molar-refractivity contribution >= 4 is 27.1 Å². The molecule has 0 spiro atoms. The zero-order chi connectivity index (χ0) is 20.6. The van der Waals surface area contributed by atoms with Gasteiger partial charge in [0.15, 0.2) is 21.4 Å². The Balaban J connectivity index is 1.88. The molecule has 0 bridgehead atoms. The lowest BCUT2D eigenvalue weighted by molar-refractivity contribution is 0.412. The first-order valence-electron chi connectivity index (χ1n) is 8.55. The maximum Gasteiger partial charge on any atom is 0.247 e. The predicted octanol–water partition coefficient (Wildman–Crippen LogP) is 3.99. The SMILES string of the molecule is O=S1(=O)CCN(Cc2cccnc2)c2c(Oc3ccccc3F)nc(F)c(Cl)c21. The molecular weight excluding hydrogens is 424 g/mol. The Kier molecular flexibility index (Phi) is 5.10. The van der Waals surface area contributed by atoms with E-state index in [1.807, 2.05) is 6.07 Å². The minimum Gasteiger partial charge on any atom is -0.434 e. The number of halogens is 3. The lowest BCUT2D eigenvalue weighted by Crippen LogP contribution is -2.36. The van der Waals surface area contributed by atoms with Crippen LogP contribution >= 0.6 is 11.6 Å². The lowest BCUT2D eigenvalue weighted by Gasteiger charge is -2.32. The minimum atomic E-state index is -3.89. The number of anilines is 1. The summed E-state index contributed by atoms with van der Waals surface area (Å²) in [5.74, 6) is -2.76. The van der Waals surface area contributed by atoms with E-state index in [4.69, 9.17) is 16.3 Å². The van der Waals surface area contributed by atoms with Crippen molar-refractivity contribution in [1.82, 2.24) is 9.97 Å². The zero-order valence-electron chi connectivity index (χ0n) is 14.8. The summed E-state index contributed by atoms with van der Waals surface area (Å²) in [6.45, 7) is 0.356. The molecule has 6 nitrogen and oxygen atoms in total. The number of aromatic nitrogens is 2. The molecule has 0 radical (unpaired) electrons. The van der Waals surface area contributed by atoms with Gasteiger partial charge in [0.05, 0.1) is 5.75 Å². The minimum absolute atomic E-state index is 0.00486. The maximum atomic E-state index is 14.4. The highest BCUT2D eigenvalue weighted by Crippen LogP contribution is 2.44. The van der Waals surface area contributed by atoms with E-state index in [0.29, 0.717) is 0 Å². The van der Waals surface area contributed by atoms with Gasteiger partial charge in [-0.2, -0.15) is 9.37 Å². The fraction of sp³-hybridized carbons (Fsp3) is 0.158. The van der Waals surface area contributed by atoms with Gasteiger partial charge in [-0.05, 0) is 23.8 Å². The van der Waals surface area contributed by atoms with Crippen LogP contribution in [-0.4, -0.2) is 30.7 Å². The molecule has 3 aromatic rings. The molecule has 1 aliphatic rings. The molecule has 0 unspecified atom stereocenters. The Bertz CT molecular complexity index is 1180. The van der Waals surface area contributed by atoms with Crippen molar-refractivity contribution in [2.75, 3.05) is 17.2 Å². The fourth-order valence-corrected chi connectivity index (χ4v) is 5.08. The number of hydrogen-bond donors (Lipinski definition) is 0. The smallest absolute Gasteiger partial charge is 0.247 e. The van der Waals surface area contributed by atoms with Crippen molar-refractivity contribution in [3.63, 3.8) is 0 Å². The molecule has 10 heteroatoms. The number of benzene rings is 1. The first-order valence-corrected chi connectivity index (χ1v) is 10.6. The number of para-hydroxylation sites is 1. The number of ether oxygens (including phenoxy) is 1. The molecule has 0 atom stereocenters. The van der Waals surface area contributed by atoms with Crippen LogP contribution < -0.4 is 9.64 Å². The number of pyridine rings is 2. The Morgan fingerprint density at radius 1 is 1.17 bits per heavy atom. The van der Waals surface area contributed by atoms with Crippen molar-refractivity contribution in [3.8, 4) is 11.6 Å². The van der Waals surface area contributed by atoms with Crippen LogP contribution in [0.15, 0.2) is 53.7 Å². The van der Waals surface area contributed by atoms with Gasteiger partial charge in [-0.3, -0.25) is 4.98 Å². The predicted molar refractivity (Wildman–Crippen MR) is 103 cm³/mol. The molecule has 0 N–H and O–H groups in total. The quantitative estimate of drug-likeness (QED) is 0.574. The molecule has 0 saturated carbocycles. The molecule has 150 valence electrons. The van der Waals surface area contributed by atoms with Crippen LogP contribution in [0.1, 0.15) is 5.56 Å². The lowest BCUT2D eigenvalue weighted by atomic mass is 10.2. The van der Waals surface area contributed by atoms with Crippen molar-refractivity contribution in [2.45, 2.75) is 11.4 Å². The molecule has 0 fully saturated rings. The molecule has 2 aromatic heterocycles. The van der Waals surface area contributed by atoms with Crippen molar-refractivity contribution < 1.29 is 21.9 Å². The molecule has 0 aliphatic carbocycles. The summed E-state index contributed by atoms with van der Waals surface area (Å²) < 4.78 is 59.3. The van der Waals surface area contributed by atoms with Crippen molar-refractivity contribution in [1.29, 1.82) is 0 Å². The average molecular weight is 438 g/mol. The number of nitrogens with zero attached hydrogens (tertiary/aromatic N) is 3. The molecular formula is C19H14ClF2N3O3S. The van der Waals surface area contributed by atoms with Crippen molar-refractivity contribution in [2.24, 2.45) is 0 Å². The van der Waals surface area contributed by atoms with Gasteiger partial charge in [0.25, 0.3) is 0 Å². The van der Waals surface area contributed by atoms with E-state index in [-0.39, 0.29) is 36.2 Å². The van der Waals surface area contributed by atoms with Gasteiger partial charge in [0.2, 0.25) is 11.8 Å². The van der Waals surface area contributed by atoms with Crippen LogP contribution in [0.5, 0.6) is 11.6 Å². The van der Waals surface area contributed by atoms with Gasteiger partial charge in [0, 0.05) is 25.5 Å². The average Bonchev–Trinajstić information content (AvgIpc) is 2.69. The van der Waals surface area contributed by atoms with E-state index in [2.05, 4.69) is 9.97 Å². The monoisotopic (exact) mass is 437 g/mol. The second kappa shape index (κ2) is 7.57. The van der Waals surface area contributed by atoms with E-state index in [0.717, 1.165) is 11.6 Å². The third-order valence-electron chi connectivity index (χ3n) is 4.39. The first-order chi connectivity index (χ1) is 13.9. The molecule has 1 aromatic carbocycles. The van der Waals surface area contributed by atoms with Crippen molar-refractivity contribution in [3.05, 3.63) is 71.1 Å². The number of sulfone groups is 1. The molecule has 4 rings (SSSR count). The first kappa shape index (κ1) is 19.5. The second-order valence-electron chi connectivity index (χ2n) is 6.33. The summed E-state index contributed by atoms with van der Waals surface area (Å²) in [6.07, 6.45) is 3.23. The third-order valence-corrected chi connectivity index (χ3v) is 6.59. The van der Waals surface area contributed by atoms with Crippen LogP contribution in [-0.2, 0) is 16.4 Å².